The number of amides is 1. The third-order valence-corrected chi connectivity index (χ3v) is 10.9. The van der Waals surface area contributed by atoms with Crippen LogP contribution in [0.15, 0.2) is 40.8 Å². The Bertz CT molecular complexity index is 1320. The van der Waals surface area contributed by atoms with Crippen LogP contribution in [-0.2, 0) is 28.8 Å². The third-order valence-electron chi connectivity index (χ3n) is 8.24. The highest BCUT2D eigenvalue weighted by Crippen LogP contribution is 2.34. The van der Waals surface area contributed by atoms with E-state index in [0.29, 0.717) is 38.3 Å². The molecule has 0 radical (unpaired) electrons. The zero-order valence-electron chi connectivity index (χ0n) is 26.0. The van der Waals surface area contributed by atoms with Gasteiger partial charge in [0.2, 0.25) is 10.0 Å². The summed E-state index contributed by atoms with van der Waals surface area (Å²) in [6.45, 7) is 5.60. The fourth-order valence-corrected chi connectivity index (χ4v) is 7.93. The molecule has 14 nitrogen and oxygen atoms in total. The molecule has 3 aliphatic rings. The minimum Gasteiger partial charge on any atom is -0.497 e. The number of hydrogen-bond donors (Lipinski definition) is 4. The van der Waals surface area contributed by atoms with E-state index >= 15 is 0 Å². The monoisotopic (exact) mass is 675 g/mol. The molecule has 3 heterocycles. The molecule has 4 N–H and O–H groups in total. The van der Waals surface area contributed by atoms with Crippen molar-refractivity contribution in [3.05, 3.63) is 35.9 Å². The van der Waals surface area contributed by atoms with Crippen LogP contribution in [0.25, 0.3) is 0 Å². The summed E-state index contributed by atoms with van der Waals surface area (Å²) >= 11 is 0. The van der Waals surface area contributed by atoms with Crippen molar-refractivity contribution in [3.8, 4) is 5.75 Å². The van der Waals surface area contributed by atoms with E-state index in [1.807, 2.05) is 24.8 Å². The van der Waals surface area contributed by atoms with Gasteiger partial charge in [-0.05, 0) is 49.4 Å². The lowest BCUT2D eigenvalue weighted by atomic mass is 9.96. The Balaban J connectivity index is 1.49. The Morgan fingerprint density at radius 3 is 2.56 bits per heavy atom. The summed E-state index contributed by atoms with van der Waals surface area (Å²) in [5.41, 5.74) is 0.925. The van der Waals surface area contributed by atoms with Gasteiger partial charge in [0.05, 0.1) is 49.4 Å². The van der Waals surface area contributed by atoms with Gasteiger partial charge in [-0.15, -0.1) is 0 Å². The number of methoxy groups -OCH3 is 1. The molecule has 1 amide bonds. The number of alkyl carbamates (subject to hydrolysis) is 1. The summed E-state index contributed by atoms with van der Waals surface area (Å²) in [7, 11) is -6.63. The van der Waals surface area contributed by atoms with Gasteiger partial charge < -0.3 is 39.2 Å². The number of hydrogen-bond acceptors (Lipinski definition) is 10. The summed E-state index contributed by atoms with van der Waals surface area (Å²) in [5.74, 6) is 0.387. The molecular weight excluding hydrogens is 629 g/mol. The average Bonchev–Trinajstić information content (AvgIpc) is 3.60. The molecule has 0 aliphatic carbocycles. The van der Waals surface area contributed by atoms with E-state index in [0.717, 1.165) is 5.57 Å². The van der Waals surface area contributed by atoms with Gasteiger partial charge >= 0.3 is 13.7 Å². The summed E-state index contributed by atoms with van der Waals surface area (Å²) in [6.07, 6.45) is 0.229. The first-order chi connectivity index (χ1) is 21.2. The second-order valence-electron chi connectivity index (χ2n) is 12.2. The van der Waals surface area contributed by atoms with Gasteiger partial charge in [0, 0.05) is 32.7 Å². The highest BCUT2D eigenvalue weighted by molar-refractivity contribution is 7.89. The van der Waals surface area contributed by atoms with E-state index in [2.05, 4.69) is 5.32 Å². The van der Waals surface area contributed by atoms with Gasteiger partial charge in [0.15, 0.2) is 6.29 Å². The lowest BCUT2D eigenvalue weighted by Gasteiger charge is -2.32. The standard InChI is InChI=1S/C29H46N3O11PS/c1-20(2)17-32(45(38,39)23-6-4-22(40-3)5-7-23)18-26(33)25(16-21-8-11-31(12-9-21)13-15-44(35,36)37)30-29(34)43-27-19-42-28-24(27)10-14-41-28/h4-8,20,24-28,33H,9-19H2,1-3H3,(H,30,34)(H2,35,36,37)/t24-,25-,26+,27-,28+/m0/s1. The summed E-state index contributed by atoms with van der Waals surface area (Å²) < 4.78 is 61.9. The molecule has 45 heavy (non-hydrogen) atoms. The predicted octanol–water partition coefficient (Wildman–Crippen LogP) is 1.76. The van der Waals surface area contributed by atoms with Crippen LogP contribution in [0.2, 0.25) is 0 Å². The molecule has 0 spiro atoms. The highest BCUT2D eigenvalue weighted by Gasteiger charge is 2.44. The maximum absolute atomic E-state index is 13.7. The maximum atomic E-state index is 13.7. The van der Waals surface area contributed by atoms with E-state index in [-0.39, 0.29) is 55.6 Å². The number of aliphatic hydroxyl groups excluding tert-OH is 1. The molecule has 1 aromatic rings. The van der Waals surface area contributed by atoms with Crippen molar-refractivity contribution in [2.75, 3.05) is 59.2 Å². The highest BCUT2D eigenvalue weighted by atomic mass is 32.2. The lowest BCUT2D eigenvalue weighted by Crippen LogP contribution is -2.51. The minimum atomic E-state index is -4.12. The molecule has 0 unspecified atom stereocenters. The summed E-state index contributed by atoms with van der Waals surface area (Å²) in [5, 5.41) is 14.3. The van der Waals surface area contributed by atoms with Crippen molar-refractivity contribution >= 4 is 23.7 Å². The van der Waals surface area contributed by atoms with Crippen LogP contribution in [-0.4, -0.2) is 122 Å². The first-order valence-corrected chi connectivity index (χ1v) is 18.5. The minimum absolute atomic E-state index is 0.0503. The molecule has 3 aliphatic heterocycles. The Morgan fingerprint density at radius 2 is 1.93 bits per heavy atom. The number of aliphatic hydroxyl groups is 1. The molecule has 0 saturated carbocycles. The van der Waals surface area contributed by atoms with Gasteiger partial charge in [-0.3, -0.25) is 9.46 Å². The fraction of sp³-hybridized carbons (Fsp3) is 0.690. The molecular formula is C29H46N3O11PS. The Morgan fingerprint density at radius 1 is 1.20 bits per heavy atom. The van der Waals surface area contributed by atoms with Crippen LogP contribution >= 0.6 is 7.60 Å². The molecule has 4 rings (SSSR count). The van der Waals surface area contributed by atoms with Gasteiger partial charge in [-0.1, -0.05) is 25.5 Å². The number of fused-ring (bicyclic) bond motifs is 1. The van der Waals surface area contributed by atoms with Crippen LogP contribution in [0.3, 0.4) is 0 Å². The van der Waals surface area contributed by atoms with Crippen molar-refractivity contribution in [2.45, 2.75) is 62.5 Å². The number of ether oxygens (including phenoxy) is 4. The lowest BCUT2D eigenvalue weighted by molar-refractivity contribution is -0.0907. The van der Waals surface area contributed by atoms with Crippen LogP contribution in [0.4, 0.5) is 4.79 Å². The second kappa shape index (κ2) is 15.7. The molecule has 0 aromatic heterocycles. The number of carbonyl (C=O) groups is 1. The second-order valence-corrected chi connectivity index (χ2v) is 15.9. The first-order valence-electron chi connectivity index (χ1n) is 15.2. The van der Waals surface area contributed by atoms with Gasteiger partial charge in [-0.2, -0.15) is 4.31 Å². The first kappa shape index (κ1) is 35.8. The molecule has 0 bridgehead atoms. The van der Waals surface area contributed by atoms with Gasteiger partial charge in [0.25, 0.3) is 0 Å². The molecule has 16 heteroatoms. The zero-order valence-corrected chi connectivity index (χ0v) is 27.7. The molecule has 1 aromatic carbocycles. The van der Waals surface area contributed by atoms with Crippen LogP contribution in [0, 0.1) is 11.8 Å². The van der Waals surface area contributed by atoms with Crippen molar-refractivity contribution in [3.63, 3.8) is 0 Å². The number of rotatable bonds is 15. The van der Waals surface area contributed by atoms with E-state index < -0.39 is 48.3 Å². The maximum Gasteiger partial charge on any atom is 0.407 e. The van der Waals surface area contributed by atoms with E-state index in [4.69, 9.17) is 18.9 Å². The van der Waals surface area contributed by atoms with Gasteiger partial charge in [-0.25, -0.2) is 13.2 Å². The summed E-state index contributed by atoms with van der Waals surface area (Å²) in [6, 6.07) is 5.14. The quantitative estimate of drug-likeness (QED) is 0.156. The largest absolute Gasteiger partial charge is 0.497 e. The Kier molecular flexibility index (Phi) is 12.5. The number of carbonyl (C=O) groups excluding carboxylic acids is 1. The van der Waals surface area contributed by atoms with E-state index in [9.17, 15) is 32.7 Å². The molecule has 254 valence electrons. The SMILES string of the molecule is COc1ccc(S(=O)(=O)N(CC(C)C)C[C@@H](O)[C@H](CC2=CCN(CCP(=O)(O)O)CC2)NC(=O)O[C@H]2CO[C@H]3OCC[C@H]32)cc1. The molecule has 5 atom stereocenters. The van der Waals surface area contributed by atoms with Crippen LogP contribution < -0.4 is 10.1 Å². The number of nitrogens with one attached hydrogen (secondary N) is 1. The fourth-order valence-electron chi connectivity index (χ4n) is 5.76. The Hall–Kier alpha value is -2.07. The molecule has 2 fully saturated rings. The van der Waals surface area contributed by atoms with Crippen LogP contribution in [0.5, 0.6) is 5.75 Å². The van der Waals surface area contributed by atoms with Crippen molar-refractivity contribution in [1.82, 2.24) is 14.5 Å². The topological polar surface area (TPSA) is 184 Å². The molecule has 2 saturated heterocycles. The zero-order chi connectivity index (χ0) is 32.8. The van der Waals surface area contributed by atoms with Gasteiger partial charge in [0.1, 0.15) is 11.9 Å². The third kappa shape index (κ3) is 10.2. The Labute approximate surface area is 264 Å². The summed E-state index contributed by atoms with van der Waals surface area (Å²) in [4.78, 5) is 33.5. The van der Waals surface area contributed by atoms with Crippen molar-refractivity contribution < 1.29 is 51.6 Å². The van der Waals surface area contributed by atoms with Crippen molar-refractivity contribution in [1.29, 1.82) is 0 Å². The van der Waals surface area contributed by atoms with E-state index in [1.165, 1.54) is 23.5 Å². The normalized spacial score (nSPS) is 23.9. The number of nitrogens with zero attached hydrogens (tertiary/aromatic N) is 2. The predicted molar refractivity (Wildman–Crippen MR) is 164 cm³/mol. The number of sulfonamides is 1. The van der Waals surface area contributed by atoms with Crippen LogP contribution in [0.1, 0.15) is 33.1 Å². The van der Waals surface area contributed by atoms with Crippen molar-refractivity contribution in [2.24, 2.45) is 11.8 Å². The average molecular weight is 676 g/mol. The van der Waals surface area contributed by atoms with E-state index in [1.54, 1.807) is 12.1 Å². The smallest absolute Gasteiger partial charge is 0.407 e. The number of benzene rings is 1.